The van der Waals surface area contributed by atoms with Gasteiger partial charge in [-0.15, -0.1) is 0 Å². The minimum atomic E-state index is 0.902. The molecule has 0 N–H and O–H groups in total. The normalized spacial score (nSPS) is 12.6. The smallest absolute Gasteiger partial charge is 0.0440 e. The van der Waals surface area contributed by atoms with E-state index in [4.69, 9.17) is 11.6 Å². The molecule has 0 bridgehead atoms. The van der Waals surface area contributed by atoms with E-state index >= 15 is 0 Å². The number of hydrogen-bond acceptors (Lipinski definition) is 1. The molecule has 2 heteroatoms. The fourth-order valence-electron chi connectivity index (χ4n) is 2.47. The van der Waals surface area contributed by atoms with Crippen molar-refractivity contribution in [3.63, 3.8) is 0 Å². The largest absolute Gasteiger partial charge is 0.0953 e. The van der Waals surface area contributed by atoms with Crippen LogP contribution in [0, 0.1) is 6.92 Å². The maximum absolute atomic E-state index is 6.29. The number of aryl methyl sites for hydroxylation is 1. The van der Waals surface area contributed by atoms with Crippen molar-refractivity contribution in [3.05, 3.63) is 68.5 Å². The van der Waals surface area contributed by atoms with E-state index in [1.807, 2.05) is 23.9 Å². The second-order valence-electron chi connectivity index (χ2n) is 5.95. The van der Waals surface area contributed by atoms with Gasteiger partial charge in [0.05, 0.1) is 0 Å². The Hall–Kier alpha value is -0.920. The molecule has 0 aliphatic carbocycles. The van der Waals surface area contributed by atoms with Crippen molar-refractivity contribution < 1.29 is 0 Å². The number of allylic oxidation sites excluding steroid dienone is 4. The van der Waals surface area contributed by atoms with Gasteiger partial charge in [0.25, 0.3) is 0 Å². The zero-order chi connectivity index (χ0) is 17.2. The summed E-state index contributed by atoms with van der Waals surface area (Å²) in [6.45, 7) is 12.7. The number of unbranched alkanes of at least 4 members (excludes halogenated alkanes) is 2. The van der Waals surface area contributed by atoms with Crippen molar-refractivity contribution in [2.24, 2.45) is 0 Å². The summed E-state index contributed by atoms with van der Waals surface area (Å²) in [5.74, 6) is 0. The van der Waals surface area contributed by atoms with Crippen molar-refractivity contribution in [1.29, 1.82) is 0 Å². The van der Waals surface area contributed by atoms with Gasteiger partial charge in [-0.2, -0.15) is 0 Å². The molecule has 0 aliphatic rings. The van der Waals surface area contributed by atoms with E-state index in [1.54, 1.807) is 0 Å². The molecule has 0 radical (unpaired) electrons. The fourth-order valence-corrected chi connectivity index (χ4v) is 3.76. The van der Waals surface area contributed by atoms with Crippen LogP contribution in [-0.4, -0.2) is 0 Å². The summed E-state index contributed by atoms with van der Waals surface area (Å²) in [4.78, 5) is 2.66. The molecular formula is C21H29ClS. The zero-order valence-corrected chi connectivity index (χ0v) is 16.5. The van der Waals surface area contributed by atoms with Gasteiger partial charge in [-0.05, 0) is 80.5 Å². The molecule has 0 unspecified atom stereocenters. The minimum absolute atomic E-state index is 0.902. The van der Waals surface area contributed by atoms with Crippen LogP contribution in [0.4, 0.5) is 0 Å². The Morgan fingerprint density at radius 2 is 1.96 bits per heavy atom. The summed E-state index contributed by atoms with van der Waals surface area (Å²) in [5, 5.41) is 0.902. The lowest BCUT2D eigenvalue weighted by molar-refractivity contribution is 0.744. The first-order valence-electron chi connectivity index (χ1n) is 8.40. The van der Waals surface area contributed by atoms with Crippen molar-refractivity contribution in [2.75, 3.05) is 0 Å². The van der Waals surface area contributed by atoms with Crippen LogP contribution in [-0.2, 0) is 6.42 Å². The van der Waals surface area contributed by atoms with E-state index < -0.39 is 0 Å². The predicted octanol–water partition coefficient (Wildman–Crippen LogP) is 7.87. The number of hydrogen-bond donors (Lipinski definition) is 0. The van der Waals surface area contributed by atoms with Crippen molar-refractivity contribution in [1.82, 2.24) is 0 Å². The monoisotopic (exact) mass is 348 g/mol. The predicted molar refractivity (Wildman–Crippen MR) is 108 cm³/mol. The molecule has 0 fully saturated rings. The van der Waals surface area contributed by atoms with Crippen LogP contribution in [0.3, 0.4) is 0 Å². The Kier molecular flexibility index (Phi) is 9.43. The number of halogens is 1. The maximum Gasteiger partial charge on any atom is 0.0440 e. The highest BCUT2D eigenvalue weighted by Gasteiger charge is 2.04. The molecule has 0 heterocycles. The molecule has 0 amide bonds. The Bertz CT molecular complexity index is 561. The average Bonchev–Trinajstić information content (AvgIpc) is 2.48. The van der Waals surface area contributed by atoms with Crippen LogP contribution in [0.15, 0.2) is 52.3 Å². The standard InChI is InChI=1S/C21H29ClS/c1-6-11-18(5)23-21(16(2)3)15-9-7-8-13-19-17(4)12-10-14-20(19)22/h10-12,14-15H,2,6-9,13H2,1,3-5H3/b18-11?,21-15+. The second kappa shape index (κ2) is 10.8. The number of benzene rings is 1. The van der Waals surface area contributed by atoms with Crippen LogP contribution < -0.4 is 0 Å². The topological polar surface area (TPSA) is 0 Å². The SMILES string of the molecule is C=C(C)/C(=C\CCCCc1c(C)cccc1Cl)SC(C)=CCC. The summed E-state index contributed by atoms with van der Waals surface area (Å²) < 4.78 is 0. The van der Waals surface area contributed by atoms with Gasteiger partial charge in [0.2, 0.25) is 0 Å². The van der Waals surface area contributed by atoms with E-state index in [2.05, 4.69) is 52.5 Å². The third kappa shape index (κ3) is 7.46. The molecule has 0 nitrogen and oxygen atoms in total. The molecule has 126 valence electrons. The fraction of sp³-hybridized carbons (Fsp3) is 0.429. The van der Waals surface area contributed by atoms with E-state index in [0.717, 1.165) is 29.9 Å². The van der Waals surface area contributed by atoms with E-state index in [0.29, 0.717) is 0 Å². The van der Waals surface area contributed by atoms with Crippen LogP contribution in [0.1, 0.15) is 57.6 Å². The van der Waals surface area contributed by atoms with Crippen molar-refractivity contribution in [3.8, 4) is 0 Å². The number of thioether (sulfide) groups is 1. The zero-order valence-electron chi connectivity index (χ0n) is 14.9. The van der Waals surface area contributed by atoms with Gasteiger partial charge < -0.3 is 0 Å². The molecule has 0 spiro atoms. The molecule has 1 aromatic rings. The Labute approximate surface area is 151 Å². The minimum Gasteiger partial charge on any atom is -0.0953 e. The molecule has 0 saturated heterocycles. The lowest BCUT2D eigenvalue weighted by Crippen LogP contribution is -1.91. The van der Waals surface area contributed by atoms with E-state index in [1.165, 1.54) is 33.8 Å². The highest BCUT2D eigenvalue weighted by atomic mass is 35.5. The molecule has 0 atom stereocenters. The van der Waals surface area contributed by atoms with Gasteiger partial charge in [0, 0.05) is 9.93 Å². The first kappa shape index (κ1) is 20.1. The van der Waals surface area contributed by atoms with Gasteiger partial charge >= 0.3 is 0 Å². The van der Waals surface area contributed by atoms with E-state index in [9.17, 15) is 0 Å². The van der Waals surface area contributed by atoms with Crippen LogP contribution in [0.5, 0.6) is 0 Å². The summed E-state index contributed by atoms with van der Waals surface area (Å²) >= 11 is 8.13. The first-order chi connectivity index (χ1) is 11.0. The van der Waals surface area contributed by atoms with Crippen LogP contribution in [0.2, 0.25) is 5.02 Å². The molecule has 0 aromatic heterocycles. The Morgan fingerprint density at radius 3 is 2.57 bits per heavy atom. The molecule has 23 heavy (non-hydrogen) atoms. The highest BCUT2D eigenvalue weighted by Crippen LogP contribution is 2.30. The summed E-state index contributed by atoms with van der Waals surface area (Å²) in [6, 6.07) is 6.15. The lowest BCUT2D eigenvalue weighted by atomic mass is 10.0. The third-order valence-corrected chi connectivity index (χ3v) is 5.32. The summed E-state index contributed by atoms with van der Waals surface area (Å²) in [7, 11) is 0. The maximum atomic E-state index is 6.29. The highest BCUT2D eigenvalue weighted by molar-refractivity contribution is 8.06. The Morgan fingerprint density at radius 1 is 1.22 bits per heavy atom. The van der Waals surface area contributed by atoms with Gasteiger partial charge in [-0.1, -0.05) is 61.2 Å². The van der Waals surface area contributed by atoms with Crippen molar-refractivity contribution >= 4 is 23.4 Å². The quantitative estimate of drug-likeness (QED) is 0.323. The molecular weight excluding hydrogens is 320 g/mol. The van der Waals surface area contributed by atoms with Gasteiger partial charge in [0.1, 0.15) is 0 Å². The summed E-state index contributed by atoms with van der Waals surface area (Å²) in [5.41, 5.74) is 3.75. The second-order valence-corrected chi connectivity index (χ2v) is 7.65. The van der Waals surface area contributed by atoms with Gasteiger partial charge in [-0.25, -0.2) is 0 Å². The molecule has 1 aromatic carbocycles. The van der Waals surface area contributed by atoms with E-state index in [-0.39, 0.29) is 0 Å². The third-order valence-electron chi connectivity index (χ3n) is 3.75. The van der Waals surface area contributed by atoms with Gasteiger partial charge in [0.15, 0.2) is 0 Å². The lowest BCUT2D eigenvalue weighted by Gasteiger charge is -2.09. The van der Waals surface area contributed by atoms with Crippen LogP contribution in [0.25, 0.3) is 0 Å². The molecule has 0 aliphatic heterocycles. The summed E-state index contributed by atoms with van der Waals surface area (Å²) in [6.07, 6.45) is 10.2. The van der Waals surface area contributed by atoms with Crippen molar-refractivity contribution in [2.45, 2.75) is 59.8 Å². The van der Waals surface area contributed by atoms with Crippen LogP contribution >= 0.6 is 23.4 Å². The number of rotatable bonds is 9. The average molecular weight is 349 g/mol. The molecule has 1 rings (SSSR count). The Balaban J connectivity index is 2.50. The molecule has 0 saturated carbocycles. The van der Waals surface area contributed by atoms with Gasteiger partial charge in [-0.3, -0.25) is 0 Å². The first-order valence-corrected chi connectivity index (χ1v) is 9.59.